The summed E-state index contributed by atoms with van der Waals surface area (Å²) in [6, 6.07) is -0.618. The number of likely N-dealkylation sites (tertiary alicyclic amines) is 1. The number of piperidine rings is 1. The molecule has 0 aliphatic carbocycles. The number of ether oxygens (including phenoxy) is 1. The average molecular weight is 314 g/mol. The van der Waals surface area contributed by atoms with Crippen molar-refractivity contribution in [1.82, 2.24) is 14.7 Å². The molecule has 0 N–H and O–H groups in total. The molecule has 1 aliphatic heterocycles. The molecule has 0 aromatic carbocycles. The molecule has 0 spiro atoms. The number of nitro groups is 1. The van der Waals surface area contributed by atoms with Crippen LogP contribution in [0.2, 0.25) is 0 Å². The second kappa shape index (κ2) is 5.90. The molecule has 2 atom stereocenters. The second-order valence-corrected chi connectivity index (χ2v) is 6.23. The highest BCUT2D eigenvalue weighted by Crippen LogP contribution is 2.27. The largest absolute Gasteiger partial charge is 0.444 e. The first kappa shape index (κ1) is 16.2. The molecule has 2 heterocycles. The average Bonchev–Trinajstić information content (AvgIpc) is 2.86. The number of carbonyl (C=O) groups is 1. The van der Waals surface area contributed by atoms with Crippen LogP contribution in [0.15, 0.2) is 12.4 Å². The van der Waals surface area contributed by atoms with Crippen molar-refractivity contribution in [2.75, 3.05) is 13.1 Å². The fraction of sp³-hybridized carbons (Fsp3) is 0.692. The number of nitrogens with zero attached hydrogens (tertiary/aromatic N) is 4. The summed E-state index contributed by atoms with van der Waals surface area (Å²) < 4.78 is 20.8. The number of alkyl halides is 1. The summed E-state index contributed by atoms with van der Waals surface area (Å²) in [7, 11) is 0. The Morgan fingerprint density at radius 3 is 2.73 bits per heavy atom. The topological polar surface area (TPSA) is 90.5 Å². The fourth-order valence-corrected chi connectivity index (χ4v) is 2.29. The van der Waals surface area contributed by atoms with E-state index in [-0.39, 0.29) is 12.2 Å². The maximum atomic E-state index is 14.3. The first-order chi connectivity index (χ1) is 10.2. The van der Waals surface area contributed by atoms with Gasteiger partial charge in [0.25, 0.3) is 0 Å². The van der Waals surface area contributed by atoms with Crippen molar-refractivity contribution >= 4 is 11.8 Å². The number of rotatable bonds is 2. The van der Waals surface area contributed by atoms with Crippen LogP contribution in [-0.4, -0.2) is 50.6 Å². The van der Waals surface area contributed by atoms with Gasteiger partial charge in [0.1, 0.15) is 24.2 Å². The van der Waals surface area contributed by atoms with Crippen LogP contribution >= 0.6 is 0 Å². The van der Waals surface area contributed by atoms with Gasteiger partial charge in [-0.15, -0.1) is 0 Å². The van der Waals surface area contributed by atoms with Gasteiger partial charge in [-0.2, -0.15) is 5.10 Å². The van der Waals surface area contributed by atoms with E-state index < -0.39 is 28.8 Å². The van der Waals surface area contributed by atoms with Gasteiger partial charge in [0, 0.05) is 6.54 Å². The molecule has 22 heavy (non-hydrogen) atoms. The first-order valence-electron chi connectivity index (χ1n) is 6.98. The lowest BCUT2D eigenvalue weighted by atomic mass is 10.0. The Kier molecular flexibility index (Phi) is 4.34. The Labute approximate surface area is 127 Å². The smallest absolute Gasteiger partial charge is 0.410 e. The molecule has 1 aromatic rings. The molecule has 2 rings (SSSR count). The summed E-state index contributed by atoms with van der Waals surface area (Å²) in [6.07, 6.45) is 0.702. The molecule has 2 unspecified atom stereocenters. The minimum Gasteiger partial charge on any atom is -0.444 e. The van der Waals surface area contributed by atoms with E-state index in [0.29, 0.717) is 13.0 Å². The first-order valence-corrected chi connectivity index (χ1v) is 6.98. The Bertz CT molecular complexity index is 569. The van der Waals surface area contributed by atoms with Crippen LogP contribution < -0.4 is 0 Å². The standard InChI is InChI=1S/C13H19FN4O4/c1-13(2,3)22-12(19)16-5-4-11(10(14)8-16)17-7-9(6-15-17)18(20)21/h6-7,10-11H,4-5,8H2,1-3H3. The van der Waals surface area contributed by atoms with Gasteiger partial charge in [0.15, 0.2) is 0 Å². The number of carbonyl (C=O) groups excluding carboxylic acids is 1. The normalized spacial score (nSPS) is 22.5. The molecular formula is C13H19FN4O4. The van der Waals surface area contributed by atoms with Crippen LogP contribution in [0.4, 0.5) is 14.9 Å². The summed E-state index contributed by atoms with van der Waals surface area (Å²) in [5, 5.41) is 14.5. The van der Waals surface area contributed by atoms with Crippen LogP contribution in [0, 0.1) is 10.1 Å². The number of halogens is 1. The predicted octanol–water partition coefficient (Wildman–Crippen LogP) is 2.31. The number of hydrogen-bond acceptors (Lipinski definition) is 5. The van der Waals surface area contributed by atoms with Crippen molar-refractivity contribution in [3.63, 3.8) is 0 Å². The summed E-state index contributed by atoms with van der Waals surface area (Å²) in [6.45, 7) is 5.43. The Balaban J connectivity index is 2.00. The van der Waals surface area contributed by atoms with E-state index in [1.54, 1.807) is 20.8 Å². The number of aromatic nitrogens is 2. The molecule has 1 fully saturated rings. The van der Waals surface area contributed by atoms with Gasteiger partial charge in [-0.3, -0.25) is 14.8 Å². The quantitative estimate of drug-likeness (QED) is 0.617. The molecule has 9 heteroatoms. The van der Waals surface area contributed by atoms with Crippen molar-refractivity contribution in [1.29, 1.82) is 0 Å². The predicted molar refractivity (Wildman–Crippen MR) is 75.2 cm³/mol. The van der Waals surface area contributed by atoms with Gasteiger partial charge in [-0.05, 0) is 27.2 Å². The van der Waals surface area contributed by atoms with Gasteiger partial charge in [-0.1, -0.05) is 0 Å². The lowest BCUT2D eigenvalue weighted by Gasteiger charge is -2.35. The number of hydrogen-bond donors (Lipinski definition) is 0. The molecule has 0 saturated carbocycles. The molecule has 122 valence electrons. The third-order valence-electron chi connectivity index (χ3n) is 3.30. The third-order valence-corrected chi connectivity index (χ3v) is 3.30. The van der Waals surface area contributed by atoms with E-state index in [9.17, 15) is 19.3 Å². The molecule has 0 radical (unpaired) electrons. The molecule has 1 aromatic heterocycles. The molecule has 8 nitrogen and oxygen atoms in total. The molecule has 1 amide bonds. The van der Waals surface area contributed by atoms with Crippen LogP contribution in [0.5, 0.6) is 0 Å². The van der Waals surface area contributed by atoms with Crippen LogP contribution in [0.25, 0.3) is 0 Å². The SMILES string of the molecule is CC(C)(C)OC(=O)N1CCC(n2cc([N+](=O)[O-])cn2)C(F)C1. The third kappa shape index (κ3) is 3.71. The van der Waals surface area contributed by atoms with E-state index >= 15 is 0 Å². The highest BCUT2D eigenvalue weighted by atomic mass is 19.1. The van der Waals surface area contributed by atoms with Crippen molar-refractivity contribution < 1.29 is 18.8 Å². The zero-order valence-electron chi connectivity index (χ0n) is 12.7. The van der Waals surface area contributed by atoms with Crippen LogP contribution in [0.3, 0.4) is 0 Å². The van der Waals surface area contributed by atoms with E-state index in [1.807, 2.05) is 0 Å². The molecule has 0 bridgehead atoms. The summed E-state index contributed by atoms with van der Waals surface area (Å²) in [5.41, 5.74) is -0.815. The summed E-state index contributed by atoms with van der Waals surface area (Å²) in [4.78, 5) is 23.3. The van der Waals surface area contributed by atoms with Crippen molar-refractivity contribution in [2.45, 2.75) is 45.0 Å². The maximum absolute atomic E-state index is 14.3. The van der Waals surface area contributed by atoms with Gasteiger partial charge in [-0.25, -0.2) is 9.18 Å². The maximum Gasteiger partial charge on any atom is 0.410 e. The van der Waals surface area contributed by atoms with Crippen LogP contribution in [0.1, 0.15) is 33.2 Å². The van der Waals surface area contributed by atoms with Crippen molar-refractivity contribution in [3.8, 4) is 0 Å². The molecule has 1 saturated heterocycles. The lowest BCUT2D eigenvalue weighted by Crippen LogP contribution is -2.47. The van der Waals surface area contributed by atoms with E-state index in [1.165, 1.54) is 15.8 Å². The van der Waals surface area contributed by atoms with Crippen molar-refractivity contribution in [2.24, 2.45) is 0 Å². The van der Waals surface area contributed by atoms with Gasteiger partial charge in [0.2, 0.25) is 0 Å². The fourth-order valence-electron chi connectivity index (χ4n) is 2.29. The number of amides is 1. The minimum absolute atomic E-state index is 0.118. The van der Waals surface area contributed by atoms with E-state index in [4.69, 9.17) is 4.74 Å². The minimum atomic E-state index is -1.36. The Morgan fingerprint density at radius 1 is 1.55 bits per heavy atom. The summed E-state index contributed by atoms with van der Waals surface area (Å²) >= 11 is 0. The van der Waals surface area contributed by atoms with Gasteiger partial charge in [0.05, 0.1) is 17.5 Å². The highest BCUT2D eigenvalue weighted by Gasteiger charge is 2.35. The summed E-state index contributed by atoms with van der Waals surface area (Å²) in [5.74, 6) is 0. The molecule has 1 aliphatic rings. The monoisotopic (exact) mass is 314 g/mol. The second-order valence-electron chi connectivity index (χ2n) is 6.23. The zero-order valence-corrected chi connectivity index (χ0v) is 12.7. The highest BCUT2D eigenvalue weighted by molar-refractivity contribution is 5.68. The lowest BCUT2D eigenvalue weighted by molar-refractivity contribution is -0.385. The van der Waals surface area contributed by atoms with Gasteiger partial charge < -0.3 is 9.64 Å². The van der Waals surface area contributed by atoms with Crippen LogP contribution in [-0.2, 0) is 4.74 Å². The van der Waals surface area contributed by atoms with Gasteiger partial charge >= 0.3 is 11.8 Å². The molecular weight excluding hydrogens is 295 g/mol. The Morgan fingerprint density at radius 2 is 2.23 bits per heavy atom. The zero-order chi connectivity index (χ0) is 16.5. The van der Waals surface area contributed by atoms with E-state index in [2.05, 4.69) is 5.10 Å². The van der Waals surface area contributed by atoms with E-state index in [0.717, 1.165) is 6.20 Å². The Hall–Kier alpha value is -2.19. The van der Waals surface area contributed by atoms with Crippen molar-refractivity contribution in [3.05, 3.63) is 22.5 Å².